The van der Waals surface area contributed by atoms with E-state index in [4.69, 9.17) is 0 Å². The number of nitrogens with one attached hydrogen (secondary N) is 1. The van der Waals surface area contributed by atoms with Crippen LogP contribution in [0.3, 0.4) is 0 Å². The summed E-state index contributed by atoms with van der Waals surface area (Å²) in [5, 5.41) is 7.60. The molecule has 0 fully saturated rings. The molecule has 9 heteroatoms. The van der Waals surface area contributed by atoms with E-state index in [1.807, 2.05) is 31.2 Å². The first-order chi connectivity index (χ1) is 13.5. The van der Waals surface area contributed by atoms with Crippen LogP contribution in [0.2, 0.25) is 0 Å². The van der Waals surface area contributed by atoms with Gasteiger partial charge in [0, 0.05) is 7.05 Å². The lowest BCUT2D eigenvalue weighted by molar-refractivity contribution is 0.0943. The molecule has 8 nitrogen and oxygen atoms in total. The summed E-state index contributed by atoms with van der Waals surface area (Å²) in [6.07, 6.45) is 4.58. The van der Waals surface area contributed by atoms with Gasteiger partial charge in [0.15, 0.2) is 0 Å². The predicted molar refractivity (Wildman–Crippen MR) is 107 cm³/mol. The fourth-order valence-corrected chi connectivity index (χ4v) is 4.07. The molecule has 0 aliphatic carbocycles. The zero-order valence-electron chi connectivity index (χ0n) is 15.6. The van der Waals surface area contributed by atoms with Gasteiger partial charge in [0.05, 0.1) is 28.3 Å². The SMILES string of the molecule is Cc1c(C(=O)NC(C)c2ccc(-n3cncn3)cc2)sc2ncn(C)c(=O)c12. The molecule has 0 radical (unpaired) electrons. The zero-order valence-corrected chi connectivity index (χ0v) is 16.4. The first kappa shape index (κ1) is 18.1. The molecule has 0 saturated carbocycles. The zero-order chi connectivity index (χ0) is 19.8. The van der Waals surface area contributed by atoms with Crippen LogP contribution < -0.4 is 10.9 Å². The van der Waals surface area contributed by atoms with Crippen LogP contribution in [0, 0.1) is 6.92 Å². The van der Waals surface area contributed by atoms with E-state index < -0.39 is 0 Å². The minimum Gasteiger partial charge on any atom is -0.345 e. The Kier molecular flexibility index (Phi) is 4.52. The average molecular weight is 394 g/mol. The van der Waals surface area contributed by atoms with Gasteiger partial charge in [0.2, 0.25) is 0 Å². The van der Waals surface area contributed by atoms with Gasteiger partial charge in [0.1, 0.15) is 17.5 Å². The van der Waals surface area contributed by atoms with E-state index >= 15 is 0 Å². The predicted octanol–water partition coefficient (Wildman–Crippen LogP) is 2.38. The summed E-state index contributed by atoms with van der Waals surface area (Å²) in [6.45, 7) is 3.71. The second-order valence-electron chi connectivity index (χ2n) is 6.52. The third-order valence-corrected chi connectivity index (χ3v) is 5.84. The molecule has 1 atom stereocenters. The van der Waals surface area contributed by atoms with E-state index in [0.717, 1.165) is 11.3 Å². The maximum absolute atomic E-state index is 12.8. The van der Waals surface area contributed by atoms with E-state index in [1.165, 1.54) is 28.6 Å². The Labute approximate surface area is 164 Å². The second-order valence-corrected chi connectivity index (χ2v) is 7.52. The molecule has 1 unspecified atom stereocenters. The monoisotopic (exact) mass is 394 g/mol. The van der Waals surface area contributed by atoms with E-state index in [9.17, 15) is 9.59 Å². The second kappa shape index (κ2) is 7.01. The number of carbonyl (C=O) groups is 1. The molecule has 4 aromatic rings. The third-order valence-electron chi connectivity index (χ3n) is 4.64. The lowest BCUT2D eigenvalue weighted by Crippen LogP contribution is -2.26. The van der Waals surface area contributed by atoms with Crippen molar-refractivity contribution in [1.29, 1.82) is 0 Å². The quantitative estimate of drug-likeness (QED) is 0.573. The van der Waals surface area contributed by atoms with Gasteiger partial charge in [-0.25, -0.2) is 14.6 Å². The van der Waals surface area contributed by atoms with Crippen molar-refractivity contribution in [1.82, 2.24) is 29.6 Å². The third kappa shape index (κ3) is 3.09. The summed E-state index contributed by atoms with van der Waals surface area (Å²) in [6, 6.07) is 7.53. The van der Waals surface area contributed by atoms with Crippen molar-refractivity contribution in [3.63, 3.8) is 0 Å². The molecule has 0 aliphatic heterocycles. The topological polar surface area (TPSA) is 94.7 Å². The Hall–Kier alpha value is -3.33. The highest BCUT2D eigenvalue weighted by molar-refractivity contribution is 7.20. The maximum atomic E-state index is 12.8. The molecule has 0 spiro atoms. The van der Waals surface area contributed by atoms with E-state index in [1.54, 1.807) is 25.0 Å². The molecule has 0 bridgehead atoms. The van der Waals surface area contributed by atoms with Crippen LogP contribution in [0.5, 0.6) is 0 Å². The summed E-state index contributed by atoms with van der Waals surface area (Å²) < 4.78 is 3.09. The smallest absolute Gasteiger partial charge is 0.262 e. The Bertz CT molecular complexity index is 1210. The number of rotatable bonds is 4. The largest absolute Gasteiger partial charge is 0.345 e. The minimum absolute atomic E-state index is 0.144. The van der Waals surface area contributed by atoms with Crippen molar-refractivity contribution in [2.45, 2.75) is 19.9 Å². The summed E-state index contributed by atoms with van der Waals surface area (Å²) >= 11 is 1.24. The number of nitrogens with zero attached hydrogens (tertiary/aromatic N) is 5. The Morgan fingerprint density at radius 2 is 1.96 bits per heavy atom. The lowest BCUT2D eigenvalue weighted by Gasteiger charge is -2.14. The molecule has 28 heavy (non-hydrogen) atoms. The highest BCUT2D eigenvalue weighted by atomic mass is 32.1. The van der Waals surface area contributed by atoms with Crippen molar-refractivity contribution >= 4 is 27.5 Å². The molecule has 142 valence electrons. The number of hydrogen-bond acceptors (Lipinski definition) is 6. The molecule has 0 saturated heterocycles. The van der Waals surface area contributed by atoms with Crippen LogP contribution in [0.25, 0.3) is 15.9 Å². The van der Waals surface area contributed by atoms with Gasteiger partial charge < -0.3 is 9.88 Å². The number of amides is 1. The summed E-state index contributed by atoms with van der Waals surface area (Å²) in [5.74, 6) is -0.213. The first-order valence-electron chi connectivity index (χ1n) is 8.66. The molecule has 0 aliphatic rings. The number of carbonyl (C=O) groups excluding carboxylic acids is 1. The van der Waals surface area contributed by atoms with Gasteiger partial charge in [-0.15, -0.1) is 11.3 Å². The fourth-order valence-electron chi connectivity index (χ4n) is 3.03. The number of thiophene rings is 1. The van der Waals surface area contributed by atoms with Crippen molar-refractivity contribution in [2.75, 3.05) is 0 Å². The standard InChI is InChI=1S/C19H18N6O2S/c1-11-15-18(21-10-24(3)19(15)27)28-16(11)17(26)23-12(2)13-4-6-14(7-5-13)25-9-20-8-22-25/h4-10,12H,1-3H3,(H,23,26). The van der Waals surface area contributed by atoms with Crippen molar-refractivity contribution in [3.8, 4) is 5.69 Å². The van der Waals surface area contributed by atoms with Crippen LogP contribution in [-0.2, 0) is 7.05 Å². The molecule has 1 N–H and O–H groups in total. The van der Waals surface area contributed by atoms with Gasteiger partial charge in [0.25, 0.3) is 11.5 Å². The normalized spacial score (nSPS) is 12.2. The van der Waals surface area contributed by atoms with Crippen LogP contribution in [0.4, 0.5) is 0 Å². The lowest BCUT2D eigenvalue weighted by atomic mass is 10.1. The highest BCUT2D eigenvalue weighted by Gasteiger charge is 2.20. The van der Waals surface area contributed by atoms with Crippen molar-refractivity contribution in [3.05, 3.63) is 69.6 Å². The Morgan fingerprint density at radius 3 is 2.64 bits per heavy atom. The van der Waals surface area contributed by atoms with Crippen LogP contribution >= 0.6 is 11.3 Å². The Morgan fingerprint density at radius 1 is 1.21 bits per heavy atom. The average Bonchev–Trinajstić information content (AvgIpc) is 3.33. The molecule has 3 aromatic heterocycles. The van der Waals surface area contributed by atoms with Crippen molar-refractivity contribution in [2.24, 2.45) is 7.05 Å². The van der Waals surface area contributed by atoms with Gasteiger partial charge in [-0.1, -0.05) is 12.1 Å². The molecule has 1 aromatic carbocycles. The summed E-state index contributed by atoms with van der Waals surface area (Å²) in [7, 11) is 1.65. The highest BCUT2D eigenvalue weighted by Crippen LogP contribution is 2.27. The van der Waals surface area contributed by atoms with E-state index in [2.05, 4.69) is 20.4 Å². The van der Waals surface area contributed by atoms with Gasteiger partial charge in [-0.2, -0.15) is 5.10 Å². The molecule has 4 rings (SSSR count). The number of hydrogen-bond donors (Lipinski definition) is 1. The molecule has 3 heterocycles. The van der Waals surface area contributed by atoms with Crippen LogP contribution in [-0.4, -0.2) is 30.2 Å². The number of fused-ring (bicyclic) bond motifs is 1. The first-order valence-corrected chi connectivity index (χ1v) is 9.48. The summed E-state index contributed by atoms with van der Waals surface area (Å²) in [5.41, 5.74) is 2.38. The minimum atomic E-state index is -0.213. The van der Waals surface area contributed by atoms with E-state index in [0.29, 0.717) is 20.7 Å². The van der Waals surface area contributed by atoms with E-state index in [-0.39, 0.29) is 17.5 Å². The van der Waals surface area contributed by atoms with Crippen LogP contribution in [0.15, 0.2) is 48.0 Å². The maximum Gasteiger partial charge on any atom is 0.262 e. The van der Waals surface area contributed by atoms with Gasteiger partial charge in [-0.05, 0) is 37.1 Å². The van der Waals surface area contributed by atoms with Gasteiger partial charge >= 0.3 is 0 Å². The van der Waals surface area contributed by atoms with Crippen molar-refractivity contribution < 1.29 is 4.79 Å². The van der Waals surface area contributed by atoms with Crippen LogP contribution in [0.1, 0.15) is 33.8 Å². The van der Waals surface area contributed by atoms with Gasteiger partial charge in [-0.3, -0.25) is 9.59 Å². The molecular weight excluding hydrogens is 376 g/mol. The Balaban J connectivity index is 1.56. The molecular formula is C19H18N6O2S. The summed E-state index contributed by atoms with van der Waals surface area (Å²) in [4.78, 5) is 34.4. The molecule has 1 amide bonds. The number of aryl methyl sites for hydroxylation is 2. The fraction of sp³-hybridized carbons (Fsp3) is 0.211. The number of aromatic nitrogens is 5. The number of benzene rings is 1.